The van der Waals surface area contributed by atoms with E-state index in [9.17, 15) is 14.7 Å². The number of aromatic nitrogens is 3. The van der Waals surface area contributed by atoms with Gasteiger partial charge in [-0.05, 0) is 25.0 Å². The maximum absolute atomic E-state index is 12.7. The van der Waals surface area contributed by atoms with E-state index in [-0.39, 0.29) is 12.3 Å². The molecule has 0 atom stereocenters. The second-order valence-corrected chi connectivity index (χ2v) is 6.28. The lowest BCUT2D eigenvalue weighted by Crippen LogP contribution is -2.51. The molecule has 126 valence electrons. The number of nitrogens with one attached hydrogen (secondary N) is 2. The van der Waals surface area contributed by atoms with Crippen LogP contribution >= 0.6 is 0 Å². The van der Waals surface area contributed by atoms with E-state index < -0.39 is 11.5 Å². The highest BCUT2D eigenvalue weighted by Crippen LogP contribution is 2.31. The van der Waals surface area contributed by atoms with Crippen LogP contribution in [0.25, 0.3) is 11.4 Å². The molecule has 1 aromatic carbocycles. The van der Waals surface area contributed by atoms with Crippen LogP contribution in [0.1, 0.15) is 48.9 Å². The summed E-state index contributed by atoms with van der Waals surface area (Å²) in [5, 5.41) is 18.8. The van der Waals surface area contributed by atoms with E-state index in [0.717, 1.165) is 24.8 Å². The normalized spacial score (nSPS) is 16.5. The van der Waals surface area contributed by atoms with E-state index in [0.29, 0.717) is 24.2 Å². The Morgan fingerprint density at radius 3 is 2.71 bits per heavy atom. The maximum atomic E-state index is 12.7. The van der Waals surface area contributed by atoms with Crippen molar-refractivity contribution < 1.29 is 14.7 Å². The van der Waals surface area contributed by atoms with Gasteiger partial charge in [0.2, 0.25) is 0 Å². The van der Waals surface area contributed by atoms with Crippen LogP contribution in [0.3, 0.4) is 0 Å². The average Bonchev–Trinajstić information content (AvgIpc) is 3.09. The van der Waals surface area contributed by atoms with E-state index in [1.54, 1.807) is 18.2 Å². The molecule has 0 aliphatic heterocycles. The smallest absolute Gasteiger partial charge is 0.305 e. The summed E-state index contributed by atoms with van der Waals surface area (Å²) in [6, 6.07) is 7.06. The van der Waals surface area contributed by atoms with Crippen LogP contribution in [0.2, 0.25) is 0 Å². The van der Waals surface area contributed by atoms with Crippen molar-refractivity contribution in [2.45, 2.75) is 44.1 Å². The Morgan fingerprint density at radius 1 is 1.25 bits per heavy atom. The van der Waals surface area contributed by atoms with Crippen LogP contribution in [-0.4, -0.2) is 37.7 Å². The van der Waals surface area contributed by atoms with Gasteiger partial charge in [0, 0.05) is 11.1 Å². The van der Waals surface area contributed by atoms with Crippen LogP contribution in [0.4, 0.5) is 0 Å². The number of H-pyrrole nitrogens is 1. The Labute approximate surface area is 139 Å². The molecule has 1 aromatic heterocycles. The number of hydrogen-bond donors (Lipinski definition) is 3. The van der Waals surface area contributed by atoms with Crippen molar-refractivity contribution >= 4 is 11.9 Å². The molecule has 0 unspecified atom stereocenters. The van der Waals surface area contributed by atoms with Crippen LogP contribution in [-0.2, 0) is 4.79 Å². The van der Waals surface area contributed by atoms with E-state index in [2.05, 4.69) is 20.5 Å². The molecule has 2 aromatic rings. The van der Waals surface area contributed by atoms with Crippen LogP contribution < -0.4 is 5.32 Å². The number of carboxylic acids is 1. The van der Waals surface area contributed by atoms with E-state index in [4.69, 9.17) is 0 Å². The van der Waals surface area contributed by atoms with Crippen molar-refractivity contribution in [3.8, 4) is 11.4 Å². The largest absolute Gasteiger partial charge is 0.481 e. The van der Waals surface area contributed by atoms with Crippen molar-refractivity contribution in [1.29, 1.82) is 0 Å². The molecule has 1 amide bonds. The van der Waals surface area contributed by atoms with Crippen LogP contribution in [0.15, 0.2) is 30.6 Å². The van der Waals surface area contributed by atoms with Gasteiger partial charge >= 0.3 is 5.97 Å². The Kier molecular flexibility index (Phi) is 4.59. The van der Waals surface area contributed by atoms with Gasteiger partial charge in [0.15, 0.2) is 5.82 Å². The molecule has 1 aliphatic carbocycles. The Hall–Kier alpha value is -2.70. The third-order valence-electron chi connectivity index (χ3n) is 4.49. The summed E-state index contributed by atoms with van der Waals surface area (Å²) in [6.07, 6.45) is 5.72. The highest BCUT2D eigenvalue weighted by atomic mass is 16.4. The molecule has 1 saturated carbocycles. The summed E-state index contributed by atoms with van der Waals surface area (Å²) < 4.78 is 0. The molecule has 1 aliphatic rings. The third kappa shape index (κ3) is 3.61. The van der Waals surface area contributed by atoms with Gasteiger partial charge in [-0.15, -0.1) is 0 Å². The second-order valence-electron chi connectivity index (χ2n) is 6.28. The van der Waals surface area contributed by atoms with Crippen molar-refractivity contribution in [1.82, 2.24) is 20.5 Å². The first kappa shape index (κ1) is 16.2. The van der Waals surface area contributed by atoms with E-state index in [1.807, 2.05) is 6.07 Å². The fourth-order valence-electron chi connectivity index (χ4n) is 3.33. The zero-order valence-corrected chi connectivity index (χ0v) is 13.3. The lowest BCUT2D eigenvalue weighted by molar-refractivity contribution is -0.139. The molecule has 7 nitrogen and oxygen atoms in total. The third-order valence-corrected chi connectivity index (χ3v) is 4.49. The van der Waals surface area contributed by atoms with Crippen molar-refractivity contribution in [2.75, 3.05) is 0 Å². The number of aromatic amines is 1. The van der Waals surface area contributed by atoms with Crippen LogP contribution in [0, 0.1) is 0 Å². The summed E-state index contributed by atoms with van der Waals surface area (Å²) >= 11 is 0. The number of aliphatic carboxylic acids is 1. The minimum absolute atomic E-state index is 0.0411. The number of carboxylic acid groups (broad SMARTS) is 1. The van der Waals surface area contributed by atoms with Gasteiger partial charge < -0.3 is 10.4 Å². The molecular weight excluding hydrogens is 308 g/mol. The molecule has 0 bridgehead atoms. The first-order chi connectivity index (χ1) is 11.6. The van der Waals surface area contributed by atoms with Gasteiger partial charge in [-0.2, -0.15) is 5.10 Å². The molecule has 1 heterocycles. The van der Waals surface area contributed by atoms with Crippen molar-refractivity contribution in [3.63, 3.8) is 0 Å². The molecule has 1 fully saturated rings. The summed E-state index contributed by atoms with van der Waals surface area (Å²) in [5.41, 5.74) is 0.596. The first-order valence-electron chi connectivity index (χ1n) is 8.08. The van der Waals surface area contributed by atoms with Gasteiger partial charge in [-0.25, -0.2) is 4.98 Å². The van der Waals surface area contributed by atoms with Crippen molar-refractivity contribution in [3.05, 3.63) is 36.2 Å². The molecular formula is C17H20N4O3. The molecule has 24 heavy (non-hydrogen) atoms. The van der Waals surface area contributed by atoms with Gasteiger partial charge in [0.05, 0.1) is 12.0 Å². The quantitative estimate of drug-likeness (QED) is 0.781. The Balaban J connectivity index is 1.80. The van der Waals surface area contributed by atoms with E-state index >= 15 is 0 Å². The predicted molar refractivity (Wildman–Crippen MR) is 87.4 cm³/mol. The minimum Gasteiger partial charge on any atom is -0.481 e. The monoisotopic (exact) mass is 328 g/mol. The van der Waals surface area contributed by atoms with Gasteiger partial charge in [-0.3, -0.25) is 14.7 Å². The van der Waals surface area contributed by atoms with Crippen LogP contribution in [0.5, 0.6) is 0 Å². The molecule has 0 radical (unpaired) electrons. The summed E-state index contributed by atoms with van der Waals surface area (Å²) in [4.78, 5) is 28.0. The summed E-state index contributed by atoms with van der Waals surface area (Å²) in [6.45, 7) is 0. The summed E-state index contributed by atoms with van der Waals surface area (Å²) in [7, 11) is 0. The predicted octanol–water partition coefficient (Wildman–Crippen LogP) is 2.38. The highest BCUT2D eigenvalue weighted by molar-refractivity contribution is 5.96. The molecule has 3 N–H and O–H groups in total. The van der Waals surface area contributed by atoms with Gasteiger partial charge in [0.1, 0.15) is 6.33 Å². The maximum Gasteiger partial charge on any atom is 0.305 e. The lowest BCUT2D eigenvalue weighted by atomic mass is 9.79. The fraction of sp³-hybridized carbons (Fsp3) is 0.412. The molecule has 7 heteroatoms. The number of carbonyl (C=O) groups is 2. The number of rotatable bonds is 5. The zero-order valence-electron chi connectivity index (χ0n) is 13.3. The zero-order chi connectivity index (χ0) is 17.0. The van der Waals surface area contributed by atoms with Gasteiger partial charge in [-0.1, -0.05) is 31.4 Å². The average molecular weight is 328 g/mol. The van der Waals surface area contributed by atoms with Gasteiger partial charge in [0.25, 0.3) is 5.91 Å². The summed E-state index contributed by atoms with van der Waals surface area (Å²) in [5.74, 6) is -0.547. The number of hydrogen-bond acceptors (Lipinski definition) is 4. The second kappa shape index (κ2) is 6.82. The number of carbonyl (C=O) groups excluding carboxylic acids is 1. The lowest BCUT2D eigenvalue weighted by Gasteiger charge is -2.37. The highest BCUT2D eigenvalue weighted by Gasteiger charge is 2.36. The molecule has 3 rings (SSSR count). The fourth-order valence-corrected chi connectivity index (χ4v) is 3.33. The number of nitrogens with zero attached hydrogens (tertiary/aromatic N) is 2. The SMILES string of the molecule is O=C(O)CC1(NC(=O)c2cccc(-c3ncn[nH]3)c2)CCCCC1. The van der Waals surface area contributed by atoms with Crippen molar-refractivity contribution in [2.24, 2.45) is 0 Å². The Morgan fingerprint density at radius 2 is 2.04 bits per heavy atom. The van der Waals surface area contributed by atoms with E-state index in [1.165, 1.54) is 6.33 Å². The topological polar surface area (TPSA) is 108 Å². The number of benzene rings is 1. The Bertz CT molecular complexity index is 721. The number of amides is 1. The minimum atomic E-state index is -0.882. The molecule has 0 spiro atoms. The standard InChI is InChI=1S/C17H20N4O3/c22-14(23)10-17(7-2-1-3-8-17)20-16(24)13-6-4-5-12(9-13)15-18-11-19-21-15/h4-6,9,11H,1-3,7-8,10H2,(H,20,24)(H,22,23)(H,18,19,21). The first-order valence-corrected chi connectivity index (χ1v) is 8.08. The molecule has 0 saturated heterocycles.